The molecule has 2 rings (SSSR count). The molecular formula is C12H21N5. The van der Waals surface area contributed by atoms with E-state index in [1.54, 1.807) is 6.20 Å². The highest BCUT2D eigenvalue weighted by Crippen LogP contribution is 2.20. The zero-order chi connectivity index (χ0) is 12.3. The van der Waals surface area contributed by atoms with E-state index < -0.39 is 0 Å². The molecule has 0 radical (unpaired) electrons. The number of hydrogen-bond donors (Lipinski definition) is 1. The second-order valence-corrected chi connectivity index (χ2v) is 4.63. The molecule has 0 saturated carbocycles. The predicted octanol–water partition coefficient (Wildman–Crippen LogP) is 1.19. The van der Waals surface area contributed by atoms with Gasteiger partial charge < -0.3 is 9.80 Å². The molecule has 5 nitrogen and oxygen atoms in total. The summed E-state index contributed by atoms with van der Waals surface area (Å²) in [6, 6.07) is 0.641. The van der Waals surface area contributed by atoms with Crippen LogP contribution < -0.4 is 0 Å². The third-order valence-corrected chi connectivity index (χ3v) is 3.59. The number of nitrogens with one attached hydrogen (secondary N) is 1. The summed E-state index contributed by atoms with van der Waals surface area (Å²) in [5.74, 6) is 0. The molecule has 1 aliphatic rings. The molecule has 0 bridgehead atoms. The fraction of sp³-hybridized carbons (Fsp3) is 0.667. The van der Waals surface area contributed by atoms with Crippen LogP contribution in [0.3, 0.4) is 0 Å². The van der Waals surface area contributed by atoms with Crippen molar-refractivity contribution in [3.05, 3.63) is 18.5 Å². The number of nitrogens with zero attached hydrogens (tertiary/aromatic N) is 4. The van der Waals surface area contributed by atoms with Gasteiger partial charge in [0.15, 0.2) is 0 Å². The Kier molecular flexibility index (Phi) is 3.78. The number of H-pyrrole nitrogens is 1. The van der Waals surface area contributed by atoms with Gasteiger partial charge in [-0.1, -0.05) is 11.8 Å². The second-order valence-electron chi connectivity index (χ2n) is 4.63. The number of aromatic nitrogens is 3. The summed E-state index contributed by atoms with van der Waals surface area (Å²) in [4.78, 5) is 4.73. The molecule has 1 N–H and O–H groups in total. The monoisotopic (exact) mass is 235 g/mol. The Balaban J connectivity index is 1.99. The van der Waals surface area contributed by atoms with Crippen molar-refractivity contribution in [3.8, 4) is 0 Å². The predicted molar refractivity (Wildman–Crippen MR) is 68.3 cm³/mol. The van der Waals surface area contributed by atoms with E-state index in [4.69, 9.17) is 0 Å². The maximum Gasteiger partial charge on any atom is 0.101 e. The molecule has 1 aliphatic heterocycles. The number of rotatable bonds is 5. The van der Waals surface area contributed by atoms with Gasteiger partial charge in [0.1, 0.15) is 5.69 Å². The lowest BCUT2D eigenvalue weighted by atomic mass is 10.2. The largest absolute Gasteiger partial charge is 0.369 e. The molecule has 1 saturated heterocycles. The van der Waals surface area contributed by atoms with Crippen molar-refractivity contribution in [3.63, 3.8) is 0 Å². The summed E-state index contributed by atoms with van der Waals surface area (Å²) >= 11 is 0. The third-order valence-electron chi connectivity index (χ3n) is 3.59. The van der Waals surface area contributed by atoms with Gasteiger partial charge >= 0.3 is 0 Å². The second kappa shape index (κ2) is 5.31. The zero-order valence-corrected chi connectivity index (χ0v) is 10.7. The first kappa shape index (κ1) is 12.1. The molecule has 0 aliphatic carbocycles. The van der Waals surface area contributed by atoms with Crippen molar-refractivity contribution < 1.29 is 0 Å². The minimum atomic E-state index is 0.641. The molecule has 1 aromatic heterocycles. The van der Waals surface area contributed by atoms with Crippen LogP contribution in [0.4, 0.5) is 0 Å². The minimum Gasteiger partial charge on any atom is -0.369 e. The van der Waals surface area contributed by atoms with Gasteiger partial charge in [-0.2, -0.15) is 0 Å². The summed E-state index contributed by atoms with van der Waals surface area (Å²) in [5.41, 5.74) is 1.89. The van der Waals surface area contributed by atoms with E-state index in [2.05, 4.69) is 45.8 Å². The lowest BCUT2D eigenvalue weighted by Gasteiger charge is -2.30. The van der Waals surface area contributed by atoms with Gasteiger partial charge in [0.2, 0.25) is 0 Å². The lowest BCUT2D eigenvalue weighted by molar-refractivity contribution is 0.249. The molecule has 1 aromatic rings. The molecule has 1 atom stereocenters. The average Bonchev–Trinajstić information content (AvgIpc) is 2.97. The number of likely N-dealkylation sites (tertiary alicyclic amines) is 1. The third kappa shape index (κ3) is 2.66. The Morgan fingerprint density at radius 2 is 2.53 bits per heavy atom. The highest BCUT2D eigenvalue weighted by atomic mass is 15.3. The Labute approximate surface area is 102 Å². The summed E-state index contributed by atoms with van der Waals surface area (Å²) < 4.78 is 0. The van der Waals surface area contributed by atoms with E-state index in [1.807, 2.05) is 0 Å². The molecular weight excluding hydrogens is 214 g/mol. The smallest absolute Gasteiger partial charge is 0.101 e. The Hall–Kier alpha value is -1.36. The van der Waals surface area contributed by atoms with E-state index >= 15 is 0 Å². The van der Waals surface area contributed by atoms with Crippen LogP contribution in [0.5, 0.6) is 0 Å². The quantitative estimate of drug-likeness (QED) is 0.833. The SMILES string of the molecule is C=C(c1cnn[nH]1)N(CC)CC1CCCN1C. The molecule has 5 heteroatoms. The van der Waals surface area contributed by atoms with Crippen LogP contribution in [0.15, 0.2) is 12.8 Å². The summed E-state index contributed by atoms with van der Waals surface area (Å²) in [7, 11) is 2.20. The van der Waals surface area contributed by atoms with E-state index in [0.29, 0.717) is 6.04 Å². The van der Waals surface area contributed by atoms with Crippen LogP contribution in [0.2, 0.25) is 0 Å². The van der Waals surface area contributed by atoms with Gasteiger partial charge in [0.05, 0.1) is 11.9 Å². The fourth-order valence-electron chi connectivity index (χ4n) is 2.40. The molecule has 0 aromatic carbocycles. The first-order chi connectivity index (χ1) is 8.22. The van der Waals surface area contributed by atoms with Crippen molar-refractivity contribution in [1.82, 2.24) is 25.2 Å². The van der Waals surface area contributed by atoms with Crippen LogP contribution >= 0.6 is 0 Å². The molecule has 2 heterocycles. The van der Waals surface area contributed by atoms with Crippen LogP contribution in [0.1, 0.15) is 25.5 Å². The van der Waals surface area contributed by atoms with Gasteiger partial charge in [-0.05, 0) is 33.4 Å². The lowest BCUT2D eigenvalue weighted by Crippen LogP contribution is -2.37. The molecule has 1 unspecified atom stereocenters. The number of likely N-dealkylation sites (N-methyl/N-ethyl adjacent to an activating group) is 2. The van der Waals surface area contributed by atoms with Gasteiger partial charge in [-0.15, -0.1) is 5.10 Å². The van der Waals surface area contributed by atoms with Crippen molar-refractivity contribution in [1.29, 1.82) is 0 Å². The highest BCUT2D eigenvalue weighted by molar-refractivity contribution is 5.57. The Bertz CT molecular complexity index is 359. The van der Waals surface area contributed by atoms with Crippen molar-refractivity contribution in [2.75, 3.05) is 26.7 Å². The molecule has 1 fully saturated rings. The normalized spacial score (nSPS) is 20.7. The molecule has 17 heavy (non-hydrogen) atoms. The fourth-order valence-corrected chi connectivity index (χ4v) is 2.40. The summed E-state index contributed by atoms with van der Waals surface area (Å²) in [6.07, 6.45) is 4.31. The maximum absolute atomic E-state index is 4.13. The first-order valence-corrected chi connectivity index (χ1v) is 6.23. The van der Waals surface area contributed by atoms with E-state index in [-0.39, 0.29) is 0 Å². The van der Waals surface area contributed by atoms with Crippen molar-refractivity contribution >= 4 is 5.70 Å². The van der Waals surface area contributed by atoms with Gasteiger partial charge in [-0.3, -0.25) is 5.10 Å². The molecule has 94 valence electrons. The first-order valence-electron chi connectivity index (χ1n) is 6.23. The molecule has 0 spiro atoms. The number of hydrogen-bond acceptors (Lipinski definition) is 4. The standard InChI is InChI=1S/C12H21N5/c1-4-17(9-11-6-5-7-16(11)3)10(2)12-8-13-15-14-12/h8,11H,2,4-7,9H2,1,3H3,(H,13,14,15). The number of aromatic amines is 1. The van der Waals surface area contributed by atoms with Crippen LogP contribution in [0, 0.1) is 0 Å². The van der Waals surface area contributed by atoms with E-state index in [1.165, 1.54) is 19.4 Å². The van der Waals surface area contributed by atoms with E-state index in [0.717, 1.165) is 24.5 Å². The summed E-state index contributed by atoms with van der Waals surface area (Å²) in [6.45, 7) is 9.49. The topological polar surface area (TPSA) is 48.1 Å². The molecule has 0 amide bonds. The van der Waals surface area contributed by atoms with Gasteiger partial charge in [0.25, 0.3) is 0 Å². The Morgan fingerprint density at radius 3 is 3.06 bits per heavy atom. The van der Waals surface area contributed by atoms with Crippen LogP contribution in [-0.4, -0.2) is 57.9 Å². The minimum absolute atomic E-state index is 0.641. The van der Waals surface area contributed by atoms with Crippen molar-refractivity contribution in [2.45, 2.75) is 25.8 Å². The van der Waals surface area contributed by atoms with Crippen LogP contribution in [-0.2, 0) is 0 Å². The zero-order valence-electron chi connectivity index (χ0n) is 10.7. The Morgan fingerprint density at radius 1 is 1.71 bits per heavy atom. The van der Waals surface area contributed by atoms with Crippen molar-refractivity contribution in [2.24, 2.45) is 0 Å². The van der Waals surface area contributed by atoms with E-state index in [9.17, 15) is 0 Å². The highest BCUT2D eigenvalue weighted by Gasteiger charge is 2.23. The van der Waals surface area contributed by atoms with Crippen LogP contribution in [0.25, 0.3) is 5.70 Å². The maximum atomic E-state index is 4.13. The average molecular weight is 235 g/mol. The summed E-state index contributed by atoms with van der Waals surface area (Å²) in [5, 5.41) is 10.4. The van der Waals surface area contributed by atoms with Gasteiger partial charge in [-0.25, -0.2) is 0 Å². The van der Waals surface area contributed by atoms with Gasteiger partial charge in [0, 0.05) is 19.1 Å².